The fourth-order valence-electron chi connectivity index (χ4n) is 5.47. The van der Waals surface area contributed by atoms with Crippen molar-refractivity contribution >= 4 is 17.7 Å². The molecule has 3 amide bonds. The van der Waals surface area contributed by atoms with Crippen molar-refractivity contribution in [2.45, 2.75) is 58.2 Å². The minimum atomic E-state index is -0.765. The summed E-state index contributed by atoms with van der Waals surface area (Å²) in [7, 11) is 1.57. The summed E-state index contributed by atoms with van der Waals surface area (Å²) < 4.78 is 0. The molecule has 7 heteroatoms. The Labute approximate surface area is 196 Å². The normalized spacial score (nSPS) is 28.2. The molecule has 1 unspecified atom stereocenters. The minimum absolute atomic E-state index is 0.0265. The standard InChI is InChI=1S/C26H37N3O4/c1-5-9-17(3)28-25(32)23-20-13-12-16(2)21(24(31)27-4)22(20)26(33)29(23)19(15-30)14-18-10-7-6-8-11-18/h6-8,10-13,16-17,19-23,30H,5,9,14-15H2,1-4H3,(H,27,31)(H,28,32)/t16-,17?,19-,20+,21-,22-,23+/m1/s1. The van der Waals surface area contributed by atoms with Gasteiger partial charge in [0, 0.05) is 19.0 Å². The van der Waals surface area contributed by atoms with Crippen LogP contribution in [0.3, 0.4) is 0 Å². The highest BCUT2D eigenvalue weighted by molar-refractivity contribution is 5.97. The molecule has 0 aromatic heterocycles. The molecule has 1 fully saturated rings. The molecular weight excluding hydrogens is 418 g/mol. The lowest BCUT2D eigenvalue weighted by Gasteiger charge is -2.34. The number of allylic oxidation sites excluding steroid dienone is 1. The molecule has 0 radical (unpaired) electrons. The number of aliphatic hydroxyl groups is 1. The molecule has 7 atom stereocenters. The number of aliphatic hydroxyl groups excluding tert-OH is 1. The second-order valence-electron chi connectivity index (χ2n) is 9.40. The van der Waals surface area contributed by atoms with Gasteiger partial charge in [-0.3, -0.25) is 14.4 Å². The SMILES string of the molecule is CCCC(C)NC(=O)[C@@H]1[C@H]2C=C[C@@H](C)[C@@H](C(=O)NC)[C@@H]2C(=O)N1[C@@H](CO)Cc1ccccc1. The first-order valence-corrected chi connectivity index (χ1v) is 12.0. The second kappa shape index (κ2) is 11.0. The number of nitrogens with zero attached hydrogens (tertiary/aromatic N) is 1. The van der Waals surface area contributed by atoms with Gasteiger partial charge >= 0.3 is 0 Å². The first kappa shape index (κ1) is 25.0. The van der Waals surface area contributed by atoms with E-state index in [1.807, 2.05) is 56.3 Å². The molecule has 1 saturated heterocycles. The summed E-state index contributed by atoms with van der Waals surface area (Å²) in [6, 6.07) is 8.29. The Balaban J connectivity index is 2.00. The van der Waals surface area contributed by atoms with Crippen molar-refractivity contribution in [1.82, 2.24) is 15.5 Å². The summed E-state index contributed by atoms with van der Waals surface area (Å²) in [4.78, 5) is 41.7. The van der Waals surface area contributed by atoms with Crippen molar-refractivity contribution < 1.29 is 19.5 Å². The van der Waals surface area contributed by atoms with Crippen molar-refractivity contribution in [3.8, 4) is 0 Å². The van der Waals surface area contributed by atoms with E-state index in [0.29, 0.717) is 6.42 Å². The van der Waals surface area contributed by atoms with Crippen LogP contribution in [0.15, 0.2) is 42.5 Å². The van der Waals surface area contributed by atoms with Crippen LogP contribution in [0.4, 0.5) is 0 Å². The van der Waals surface area contributed by atoms with Gasteiger partial charge in [-0.05, 0) is 31.2 Å². The van der Waals surface area contributed by atoms with Crippen molar-refractivity contribution in [2.24, 2.45) is 23.7 Å². The molecule has 0 saturated carbocycles. The number of carbonyl (C=O) groups excluding carboxylic acids is 3. The number of nitrogens with one attached hydrogen (secondary N) is 2. The van der Waals surface area contributed by atoms with E-state index >= 15 is 0 Å². The van der Waals surface area contributed by atoms with Gasteiger partial charge in [0.15, 0.2) is 0 Å². The maximum Gasteiger partial charge on any atom is 0.243 e. The first-order valence-electron chi connectivity index (χ1n) is 12.0. The maximum atomic E-state index is 13.9. The largest absolute Gasteiger partial charge is 0.394 e. The molecule has 0 bridgehead atoms. The molecule has 3 rings (SSSR count). The van der Waals surface area contributed by atoms with E-state index in [1.54, 1.807) is 11.9 Å². The van der Waals surface area contributed by atoms with Crippen LogP contribution in [-0.2, 0) is 20.8 Å². The smallest absolute Gasteiger partial charge is 0.243 e. The van der Waals surface area contributed by atoms with E-state index in [-0.39, 0.29) is 36.3 Å². The van der Waals surface area contributed by atoms with E-state index in [9.17, 15) is 19.5 Å². The molecule has 2 aliphatic rings. The third kappa shape index (κ3) is 5.13. The number of rotatable bonds is 9. The Morgan fingerprint density at radius 1 is 1.15 bits per heavy atom. The van der Waals surface area contributed by atoms with Crippen LogP contribution in [0.25, 0.3) is 0 Å². The summed E-state index contributed by atoms with van der Waals surface area (Å²) in [5.41, 5.74) is 0.976. The topological polar surface area (TPSA) is 98.7 Å². The maximum absolute atomic E-state index is 13.9. The summed E-state index contributed by atoms with van der Waals surface area (Å²) in [6.45, 7) is 5.68. The molecule has 1 aliphatic carbocycles. The zero-order valence-electron chi connectivity index (χ0n) is 20.0. The van der Waals surface area contributed by atoms with E-state index in [1.165, 1.54) is 0 Å². The summed E-state index contributed by atoms with van der Waals surface area (Å²) in [5.74, 6) is -2.39. The van der Waals surface area contributed by atoms with Gasteiger partial charge in [0.1, 0.15) is 6.04 Å². The second-order valence-corrected chi connectivity index (χ2v) is 9.40. The van der Waals surface area contributed by atoms with E-state index in [4.69, 9.17) is 0 Å². The molecule has 180 valence electrons. The molecule has 1 aromatic rings. The predicted octanol–water partition coefficient (Wildman–Crippen LogP) is 1.91. The average Bonchev–Trinajstić information content (AvgIpc) is 3.10. The molecule has 3 N–H and O–H groups in total. The van der Waals surface area contributed by atoms with Gasteiger partial charge in [0.05, 0.1) is 24.5 Å². The van der Waals surface area contributed by atoms with Gasteiger partial charge in [-0.25, -0.2) is 0 Å². The summed E-state index contributed by atoms with van der Waals surface area (Å²) >= 11 is 0. The molecule has 7 nitrogen and oxygen atoms in total. The van der Waals surface area contributed by atoms with Crippen LogP contribution in [0.2, 0.25) is 0 Å². The fraction of sp³-hybridized carbons (Fsp3) is 0.577. The quantitative estimate of drug-likeness (QED) is 0.496. The van der Waals surface area contributed by atoms with Crippen LogP contribution >= 0.6 is 0 Å². The Bertz CT molecular complexity index is 872. The van der Waals surface area contributed by atoms with E-state index < -0.39 is 29.8 Å². The molecule has 1 aromatic carbocycles. The molecule has 33 heavy (non-hydrogen) atoms. The third-order valence-corrected chi connectivity index (χ3v) is 7.06. The van der Waals surface area contributed by atoms with Gasteiger partial charge in [0.25, 0.3) is 0 Å². The summed E-state index contributed by atoms with van der Waals surface area (Å²) in [5, 5.41) is 16.1. The monoisotopic (exact) mass is 455 g/mol. The predicted molar refractivity (Wildman–Crippen MR) is 127 cm³/mol. The van der Waals surface area contributed by atoms with Crippen molar-refractivity contribution in [3.63, 3.8) is 0 Å². The lowest BCUT2D eigenvalue weighted by Crippen LogP contribution is -2.54. The first-order chi connectivity index (χ1) is 15.8. The van der Waals surface area contributed by atoms with Crippen LogP contribution in [-0.4, -0.2) is 59.5 Å². The third-order valence-electron chi connectivity index (χ3n) is 7.06. The fourth-order valence-corrected chi connectivity index (χ4v) is 5.47. The average molecular weight is 456 g/mol. The van der Waals surface area contributed by atoms with Gasteiger partial charge in [0.2, 0.25) is 17.7 Å². The van der Waals surface area contributed by atoms with Crippen LogP contribution < -0.4 is 10.6 Å². The zero-order chi connectivity index (χ0) is 24.1. The van der Waals surface area contributed by atoms with Gasteiger partial charge < -0.3 is 20.6 Å². The Kier molecular flexibility index (Phi) is 8.30. The van der Waals surface area contributed by atoms with Crippen molar-refractivity contribution in [1.29, 1.82) is 0 Å². The molecular formula is C26H37N3O4. The Hall–Kier alpha value is -2.67. The van der Waals surface area contributed by atoms with Crippen LogP contribution in [0, 0.1) is 23.7 Å². The van der Waals surface area contributed by atoms with E-state index in [0.717, 1.165) is 18.4 Å². The number of carbonyl (C=O) groups is 3. The number of fused-ring (bicyclic) bond motifs is 1. The van der Waals surface area contributed by atoms with Crippen LogP contribution in [0.1, 0.15) is 39.2 Å². The Morgan fingerprint density at radius 2 is 1.85 bits per heavy atom. The highest BCUT2D eigenvalue weighted by Crippen LogP contribution is 2.45. The van der Waals surface area contributed by atoms with Gasteiger partial charge in [-0.2, -0.15) is 0 Å². The molecule has 1 heterocycles. The van der Waals surface area contributed by atoms with Crippen molar-refractivity contribution in [2.75, 3.05) is 13.7 Å². The number of benzene rings is 1. The number of amides is 3. The zero-order valence-corrected chi connectivity index (χ0v) is 20.0. The van der Waals surface area contributed by atoms with Crippen molar-refractivity contribution in [3.05, 3.63) is 48.0 Å². The van der Waals surface area contributed by atoms with Gasteiger partial charge in [-0.1, -0.05) is 62.8 Å². The summed E-state index contributed by atoms with van der Waals surface area (Å²) in [6.07, 6.45) is 6.07. The van der Waals surface area contributed by atoms with Gasteiger partial charge in [-0.15, -0.1) is 0 Å². The highest BCUT2D eigenvalue weighted by Gasteiger charge is 2.58. The lowest BCUT2D eigenvalue weighted by molar-refractivity contribution is -0.143. The number of hydrogen-bond acceptors (Lipinski definition) is 4. The number of likely N-dealkylation sites (tertiary alicyclic amines) is 1. The minimum Gasteiger partial charge on any atom is -0.394 e. The molecule has 0 spiro atoms. The molecule has 1 aliphatic heterocycles. The van der Waals surface area contributed by atoms with Crippen LogP contribution in [0.5, 0.6) is 0 Å². The lowest BCUT2D eigenvalue weighted by atomic mass is 9.70. The van der Waals surface area contributed by atoms with E-state index in [2.05, 4.69) is 17.6 Å². The number of hydrogen-bond donors (Lipinski definition) is 3. The highest BCUT2D eigenvalue weighted by atomic mass is 16.3. The Morgan fingerprint density at radius 3 is 2.45 bits per heavy atom.